The number of likely N-dealkylation sites (tertiary alicyclic amines) is 1. The van der Waals surface area contributed by atoms with Crippen molar-refractivity contribution in [3.8, 4) is 0 Å². The molecule has 2 atom stereocenters. The van der Waals surface area contributed by atoms with Crippen molar-refractivity contribution in [1.29, 1.82) is 0 Å². The summed E-state index contributed by atoms with van der Waals surface area (Å²) in [6, 6.07) is 13.3. The largest absolute Gasteiger partial charge is 0.355 e. The molecule has 4 nitrogen and oxygen atoms in total. The van der Waals surface area contributed by atoms with Gasteiger partial charge in [-0.2, -0.15) is 0 Å². The van der Waals surface area contributed by atoms with Gasteiger partial charge in [0.1, 0.15) is 5.82 Å². The molecule has 0 radical (unpaired) electrons. The Morgan fingerprint density at radius 2 is 1.67 bits per heavy atom. The van der Waals surface area contributed by atoms with Crippen molar-refractivity contribution in [3.63, 3.8) is 0 Å². The van der Waals surface area contributed by atoms with Gasteiger partial charge in [0.15, 0.2) is 5.78 Å². The number of ketones is 1. The van der Waals surface area contributed by atoms with Crippen LogP contribution in [0.1, 0.15) is 49.0 Å². The number of carbonyl (C=O) groups excluding carboxylic acids is 2. The minimum Gasteiger partial charge on any atom is -0.355 e. The normalized spacial score (nSPS) is 21.6. The molecule has 2 aromatic carbocycles. The zero-order valence-electron chi connectivity index (χ0n) is 19.3. The Bertz CT molecular complexity index is 982. The molecule has 1 amide bonds. The zero-order chi connectivity index (χ0) is 23.6. The standard InChI is InChI=1S/C27H32ClFN2O2/c1-27(2,22-5-7-23(28)8-6-22)26(33)30-16-20-15-21(20)17-31-13-11-19(12-14-31)25(32)18-3-9-24(29)10-4-18/h3-10,19-21H,11-17H2,1-2H3,(H,30,33)/t20-,21-/m0/s1. The number of amides is 1. The summed E-state index contributed by atoms with van der Waals surface area (Å²) in [6.07, 6.45) is 2.83. The Balaban J connectivity index is 1.18. The topological polar surface area (TPSA) is 49.4 Å². The van der Waals surface area contributed by atoms with Gasteiger partial charge >= 0.3 is 0 Å². The summed E-state index contributed by atoms with van der Waals surface area (Å²) in [5, 5.41) is 3.81. The summed E-state index contributed by atoms with van der Waals surface area (Å²) < 4.78 is 13.1. The van der Waals surface area contributed by atoms with Crippen LogP contribution in [0.5, 0.6) is 0 Å². The predicted octanol–water partition coefficient (Wildman–Crippen LogP) is 5.10. The van der Waals surface area contributed by atoms with Crippen LogP contribution in [-0.2, 0) is 10.2 Å². The average Bonchev–Trinajstić information content (AvgIpc) is 3.56. The van der Waals surface area contributed by atoms with E-state index in [9.17, 15) is 14.0 Å². The Morgan fingerprint density at radius 3 is 2.30 bits per heavy atom. The molecular formula is C27H32ClFN2O2. The molecule has 1 N–H and O–H groups in total. The molecule has 176 valence electrons. The molecule has 1 heterocycles. The zero-order valence-corrected chi connectivity index (χ0v) is 20.1. The molecule has 1 aliphatic carbocycles. The SMILES string of the molecule is CC(C)(C(=O)NC[C@@H]1C[C@H]1CN1CCC(C(=O)c2ccc(F)cc2)CC1)c1ccc(Cl)cc1. The Morgan fingerprint density at radius 1 is 1.03 bits per heavy atom. The van der Waals surface area contributed by atoms with E-state index in [0.717, 1.165) is 44.5 Å². The first-order chi connectivity index (χ1) is 15.7. The number of halogens is 2. The van der Waals surface area contributed by atoms with E-state index in [-0.39, 0.29) is 23.4 Å². The summed E-state index contributed by atoms with van der Waals surface area (Å²) in [5.74, 6) is 1.00. The number of nitrogens with zero attached hydrogens (tertiary/aromatic N) is 1. The van der Waals surface area contributed by atoms with Gasteiger partial charge in [0.2, 0.25) is 5.91 Å². The monoisotopic (exact) mass is 470 g/mol. The van der Waals surface area contributed by atoms with Crippen molar-refractivity contribution >= 4 is 23.3 Å². The van der Waals surface area contributed by atoms with Crippen molar-refractivity contribution in [2.45, 2.75) is 38.5 Å². The fourth-order valence-corrected chi connectivity index (χ4v) is 4.91. The van der Waals surface area contributed by atoms with Crippen LogP contribution in [-0.4, -0.2) is 42.8 Å². The number of Topliss-reactive ketones (excluding diaryl/α,β-unsaturated/α-hetero) is 1. The lowest BCUT2D eigenvalue weighted by molar-refractivity contribution is -0.125. The smallest absolute Gasteiger partial charge is 0.230 e. The summed E-state index contributed by atoms with van der Waals surface area (Å²) in [7, 11) is 0. The maximum Gasteiger partial charge on any atom is 0.230 e. The fourth-order valence-electron chi connectivity index (χ4n) is 4.79. The molecular weight excluding hydrogens is 439 g/mol. The first-order valence-corrected chi connectivity index (χ1v) is 12.2. The highest BCUT2D eigenvalue weighted by molar-refractivity contribution is 6.30. The van der Waals surface area contributed by atoms with Crippen LogP contribution in [0.4, 0.5) is 4.39 Å². The molecule has 0 unspecified atom stereocenters. The van der Waals surface area contributed by atoms with Crippen molar-refractivity contribution in [3.05, 3.63) is 70.5 Å². The van der Waals surface area contributed by atoms with Crippen LogP contribution in [0.25, 0.3) is 0 Å². The Hall–Kier alpha value is -2.24. The van der Waals surface area contributed by atoms with Crippen molar-refractivity contribution in [2.75, 3.05) is 26.2 Å². The quantitative estimate of drug-likeness (QED) is 0.546. The van der Waals surface area contributed by atoms with Gasteiger partial charge in [0.05, 0.1) is 5.41 Å². The minimum absolute atomic E-state index is 0.0242. The van der Waals surface area contributed by atoms with E-state index in [1.807, 2.05) is 38.1 Å². The molecule has 1 saturated carbocycles. The van der Waals surface area contributed by atoms with Crippen molar-refractivity contribution < 1.29 is 14.0 Å². The number of nitrogens with one attached hydrogen (secondary N) is 1. The second-order valence-corrected chi connectivity index (χ2v) is 10.5. The van der Waals surface area contributed by atoms with Crippen LogP contribution in [0.2, 0.25) is 5.02 Å². The first kappa shape index (κ1) is 23.9. The van der Waals surface area contributed by atoms with Gasteiger partial charge in [-0.25, -0.2) is 4.39 Å². The highest BCUT2D eigenvalue weighted by Crippen LogP contribution is 2.39. The van der Waals surface area contributed by atoms with Crippen LogP contribution >= 0.6 is 11.6 Å². The first-order valence-electron chi connectivity index (χ1n) is 11.8. The van der Waals surface area contributed by atoms with Gasteiger partial charge < -0.3 is 10.2 Å². The maximum atomic E-state index is 13.1. The van der Waals surface area contributed by atoms with E-state index < -0.39 is 5.41 Å². The lowest BCUT2D eigenvalue weighted by Gasteiger charge is -2.31. The van der Waals surface area contributed by atoms with E-state index in [1.54, 1.807) is 12.1 Å². The third-order valence-corrected chi connectivity index (χ3v) is 7.56. The number of hydrogen-bond donors (Lipinski definition) is 1. The number of piperidine rings is 1. The molecule has 4 rings (SSSR count). The van der Waals surface area contributed by atoms with Crippen molar-refractivity contribution in [2.24, 2.45) is 17.8 Å². The third-order valence-electron chi connectivity index (χ3n) is 7.31. The molecule has 0 aromatic heterocycles. The van der Waals surface area contributed by atoms with E-state index in [0.29, 0.717) is 29.0 Å². The molecule has 6 heteroatoms. The van der Waals surface area contributed by atoms with Crippen molar-refractivity contribution in [1.82, 2.24) is 10.2 Å². The Labute approximate surface area is 200 Å². The molecule has 0 spiro atoms. The minimum atomic E-state index is -0.603. The second kappa shape index (κ2) is 9.94. The summed E-state index contributed by atoms with van der Waals surface area (Å²) >= 11 is 5.97. The lowest BCUT2D eigenvalue weighted by atomic mass is 9.83. The van der Waals surface area contributed by atoms with Gasteiger partial charge in [-0.15, -0.1) is 0 Å². The average molecular weight is 471 g/mol. The van der Waals surface area contributed by atoms with Crippen LogP contribution in [0.15, 0.2) is 48.5 Å². The molecule has 1 aliphatic heterocycles. The lowest BCUT2D eigenvalue weighted by Crippen LogP contribution is -2.41. The van der Waals surface area contributed by atoms with Gasteiger partial charge in [-0.3, -0.25) is 9.59 Å². The second-order valence-electron chi connectivity index (χ2n) is 10.0. The van der Waals surface area contributed by atoms with Gasteiger partial charge in [0.25, 0.3) is 0 Å². The van der Waals surface area contributed by atoms with E-state index in [4.69, 9.17) is 11.6 Å². The number of hydrogen-bond acceptors (Lipinski definition) is 3. The summed E-state index contributed by atoms with van der Waals surface area (Å²) in [5.41, 5.74) is 0.956. The van der Waals surface area contributed by atoms with E-state index in [2.05, 4.69) is 10.2 Å². The Kier molecular flexibility index (Phi) is 7.20. The fraction of sp³-hybridized carbons (Fsp3) is 0.481. The van der Waals surface area contributed by atoms with Gasteiger partial charge in [-0.1, -0.05) is 23.7 Å². The van der Waals surface area contributed by atoms with Gasteiger partial charge in [0, 0.05) is 29.6 Å². The molecule has 0 bridgehead atoms. The number of rotatable bonds is 8. The molecule has 2 aromatic rings. The molecule has 2 fully saturated rings. The number of benzene rings is 2. The predicted molar refractivity (Wildman–Crippen MR) is 129 cm³/mol. The van der Waals surface area contributed by atoms with Crippen LogP contribution in [0.3, 0.4) is 0 Å². The third kappa shape index (κ3) is 5.82. The van der Waals surface area contributed by atoms with E-state index in [1.165, 1.54) is 12.1 Å². The number of carbonyl (C=O) groups is 2. The maximum absolute atomic E-state index is 13.1. The highest BCUT2D eigenvalue weighted by Gasteiger charge is 2.40. The van der Waals surface area contributed by atoms with Gasteiger partial charge in [-0.05, 0) is 100.0 Å². The van der Waals surface area contributed by atoms with Crippen LogP contribution < -0.4 is 5.32 Å². The van der Waals surface area contributed by atoms with Crippen LogP contribution in [0, 0.1) is 23.6 Å². The highest BCUT2D eigenvalue weighted by atomic mass is 35.5. The summed E-state index contributed by atoms with van der Waals surface area (Å²) in [4.78, 5) is 27.9. The van der Waals surface area contributed by atoms with E-state index >= 15 is 0 Å². The molecule has 2 aliphatic rings. The summed E-state index contributed by atoms with van der Waals surface area (Å²) in [6.45, 7) is 7.44. The molecule has 33 heavy (non-hydrogen) atoms. The molecule has 1 saturated heterocycles.